The van der Waals surface area contributed by atoms with Crippen molar-refractivity contribution in [2.75, 3.05) is 25.0 Å². The van der Waals surface area contributed by atoms with Gasteiger partial charge in [0.2, 0.25) is 5.91 Å². The minimum Gasteiger partial charge on any atom is -0.361 e. The van der Waals surface area contributed by atoms with Crippen LogP contribution in [0.4, 0.5) is 11.5 Å². The average Bonchev–Trinajstić information content (AvgIpc) is 2.67. The maximum absolute atomic E-state index is 12.2. The van der Waals surface area contributed by atoms with E-state index in [1.165, 1.54) is 18.6 Å². The van der Waals surface area contributed by atoms with E-state index >= 15 is 0 Å². The first-order chi connectivity index (χ1) is 12.1. The molecule has 25 heavy (non-hydrogen) atoms. The zero-order valence-corrected chi connectivity index (χ0v) is 13.9. The second-order valence-electron chi connectivity index (χ2n) is 5.98. The van der Waals surface area contributed by atoms with Gasteiger partial charge in [0, 0.05) is 24.7 Å². The largest absolute Gasteiger partial charge is 0.361 e. The van der Waals surface area contributed by atoms with Crippen LogP contribution in [-0.2, 0) is 4.79 Å². The number of carbonyl (C=O) groups excluding carboxylic acids is 1. The molecule has 3 rings (SSSR count). The van der Waals surface area contributed by atoms with E-state index in [0.717, 1.165) is 25.9 Å². The number of anilines is 1. The first-order valence-corrected chi connectivity index (χ1v) is 8.37. The summed E-state index contributed by atoms with van der Waals surface area (Å²) < 4.78 is 0. The molecule has 0 bridgehead atoms. The van der Waals surface area contributed by atoms with E-state index < -0.39 is 4.92 Å². The van der Waals surface area contributed by atoms with Crippen LogP contribution >= 0.6 is 0 Å². The minimum atomic E-state index is -0.446. The van der Waals surface area contributed by atoms with Gasteiger partial charge >= 0.3 is 0 Å². The Morgan fingerprint density at radius 2 is 1.84 bits per heavy atom. The Kier molecular flexibility index (Phi) is 5.23. The van der Waals surface area contributed by atoms with Crippen molar-refractivity contribution in [2.45, 2.75) is 19.3 Å². The summed E-state index contributed by atoms with van der Waals surface area (Å²) >= 11 is 0. The molecule has 1 aromatic carbocycles. The molecular formula is C18H20N4O3. The molecule has 1 aromatic heterocycles. The molecule has 1 saturated heterocycles. The number of nitro groups is 1. The highest BCUT2D eigenvalue weighted by atomic mass is 16.6. The number of carbonyl (C=O) groups is 1. The molecule has 7 heteroatoms. The Morgan fingerprint density at radius 1 is 1.12 bits per heavy atom. The van der Waals surface area contributed by atoms with Crippen molar-refractivity contribution in [1.29, 1.82) is 0 Å². The maximum Gasteiger partial charge on any atom is 0.295 e. The number of nitrogens with one attached hydrogen (secondary N) is 1. The van der Waals surface area contributed by atoms with Gasteiger partial charge in [0.25, 0.3) is 5.69 Å². The van der Waals surface area contributed by atoms with Crippen LogP contribution < -0.4 is 5.32 Å². The monoisotopic (exact) mass is 340 g/mol. The molecule has 130 valence electrons. The third-order valence-electron chi connectivity index (χ3n) is 4.25. The van der Waals surface area contributed by atoms with Gasteiger partial charge in [0.05, 0.1) is 11.5 Å². The van der Waals surface area contributed by atoms with Gasteiger partial charge in [-0.15, -0.1) is 0 Å². The fourth-order valence-corrected chi connectivity index (χ4v) is 2.93. The average molecular weight is 340 g/mol. The van der Waals surface area contributed by atoms with Crippen LogP contribution in [0.25, 0.3) is 11.3 Å². The number of amides is 1. The minimum absolute atomic E-state index is 0.0288. The Morgan fingerprint density at radius 3 is 2.52 bits per heavy atom. The SMILES string of the molecule is O=C(CNc1ccc([N+](=O)[O-])c(-c2ccccc2)n1)N1CCCCC1. The number of hydrogen-bond donors (Lipinski definition) is 1. The second kappa shape index (κ2) is 7.74. The summed E-state index contributed by atoms with van der Waals surface area (Å²) in [6.07, 6.45) is 3.25. The lowest BCUT2D eigenvalue weighted by atomic mass is 10.1. The maximum atomic E-state index is 12.2. The molecule has 0 spiro atoms. The highest BCUT2D eigenvalue weighted by molar-refractivity contribution is 5.81. The topological polar surface area (TPSA) is 88.4 Å². The molecule has 0 radical (unpaired) electrons. The van der Waals surface area contributed by atoms with Gasteiger partial charge in [-0.05, 0) is 25.3 Å². The van der Waals surface area contributed by atoms with Crippen LogP contribution in [0.15, 0.2) is 42.5 Å². The Labute approximate surface area is 145 Å². The lowest BCUT2D eigenvalue weighted by molar-refractivity contribution is -0.384. The molecule has 2 heterocycles. The zero-order chi connectivity index (χ0) is 17.6. The highest BCUT2D eigenvalue weighted by Gasteiger charge is 2.19. The molecule has 0 saturated carbocycles. The van der Waals surface area contributed by atoms with E-state index in [4.69, 9.17) is 0 Å². The fourth-order valence-electron chi connectivity index (χ4n) is 2.93. The number of aromatic nitrogens is 1. The lowest BCUT2D eigenvalue weighted by Crippen LogP contribution is -2.39. The van der Waals surface area contributed by atoms with Crippen molar-refractivity contribution < 1.29 is 9.72 Å². The van der Waals surface area contributed by atoms with Gasteiger partial charge in [0.1, 0.15) is 5.82 Å². The number of benzene rings is 1. The smallest absolute Gasteiger partial charge is 0.295 e. The molecule has 1 fully saturated rings. The molecule has 2 aromatic rings. The quantitative estimate of drug-likeness (QED) is 0.667. The second-order valence-corrected chi connectivity index (χ2v) is 5.98. The molecule has 1 amide bonds. The predicted octanol–water partition coefficient (Wildman–Crippen LogP) is 3.08. The third kappa shape index (κ3) is 4.12. The molecule has 1 aliphatic heterocycles. The van der Waals surface area contributed by atoms with Crippen LogP contribution in [0.3, 0.4) is 0 Å². The van der Waals surface area contributed by atoms with Crippen molar-refractivity contribution in [1.82, 2.24) is 9.88 Å². The van der Waals surface area contributed by atoms with E-state index in [9.17, 15) is 14.9 Å². The first-order valence-electron chi connectivity index (χ1n) is 8.37. The Hall–Kier alpha value is -2.96. The zero-order valence-electron chi connectivity index (χ0n) is 13.9. The molecule has 7 nitrogen and oxygen atoms in total. The van der Waals surface area contributed by atoms with Crippen molar-refractivity contribution in [3.05, 3.63) is 52.6 Å². The van der Waals surface area contributed by atoms with Crippen molar-refractivity contribution >= 4 is 17.4 Å². The number of piperidine rings is 1. The summed E-state index contributed by atoms with van der Waals surface area (Å²) in [6.45, 7) is 1.73. The molecule has 0 unspecified atom stereocenters. The molecule has 0 aliphatic carbocycles. The van der Waals surface area contributed by atoms with E-state index in [0.29, 0.717) is 17.1 Å². The van der Waals surface area contributed by atoms with Crippen LogP contribution in [0, 0.1) is 10.1 Å². The molecule has 1 aliphatic rings. The van der Waals surface area contributed by atoms with Gasteiger partial charge in [0.15, 0.2) is 5.69 Å². The summed E-state index contributed by atoms with van der Waals surface area (Å²) in [4.78, 5) is 29.3. The van der Waals surface area contributed by atoms with E-state index in [1.54, 1.807) is 24.3 Å². The predicted molar refractivity (Wildman–Crippen MR) is 95.2 cm³/mol. The number of likely N-dealkylation sites (tertiary alicyclic amines) is 1. The van der Waals surface area contributed by atoms with Crippen molar-refractivity contribution in [2.24, 2.45) is 0 Å². The van der Waals surface area contributed by atoms with Crippen molar-refractivity contribution in [3.8, 4) is 11.3 Å². The number of nitrogens with zero attached hydrogens (tertiary/aromatic N) is 3. The van der Waals surface area contributed by atoms with Crippen LogP contribution in [0.2, 0.25) is 0 Å². The summed E-state index contributed by atoms with van der Waals surface area (Å²) in [7, 11) is 0. The Balaban J connectivity index is 1.76. The van der Waals surface area contributed by atoms with Gasteiger partial charge < -0.3 is 10.2 Å². The van der Waals surface area contributed by atoms with E-state index in [2.05, 4.69) is 10.3 Å². The van der Waals surface area contributed by atoms with Gasteiger partial charge in [-0.25, -0.2) is 4.98 Å². The van der Waals surface area contributed by atoms with Crippen LogP contribution in [0.1, 0.15) is 19.3 Å². The summed E-state index contributed by atoms with van der Waals surface area (Å²) in [5, 5.41) is 14.3. The molecule has 1 N–H and O–H groups in total. The number of rotatable bonds is 5. The fraction of sp³-hybridized carbons (Fsp3) is 0.333. The number of pyridine rings is 1. The Bertz CT molecular complexity index is 758. The summed E-state index contributed by atoms with van der Waals surface area (Å²) in [5.74, 6) is 0.482. The van der Waals surface area contributed by atoms with Gasteiger partial charge in [-0.1, -0.05) is 30.3 Å². The molecule has 0 atom stereocenters. The summed E-state index contributed by atoms with van der Waals surface area (Å²) in [5.41, 5.74) is 0.903. The van der Waals surface area contributed by atoms with E-state index in [1.807, 2.05) is 11.0 Å². The number of hydrogen-bond acceptors (Lipinski definition) is 5. The van der Waals surface area contributed by atoms with Crippen molar-refractivity contribution in [3.63, 3.8) is 0 Å². The van der Waals surface area contributed by atoms with Gasteiger partial charge in [-0.2, -0.15) is 0 Å². The summed E-state index contributed by atoms with van der Waals surface area (Å²) in [6, 6.07) is 12.0. The van der Waals surface area contributed by atoms with Gasteiger partial charge in [-0.3, -0.25) is 14.9 Å². The van der Waals surface area contributed by atoms with E-state index in [-0.39, 0.29) is 18.1 Å². The standard InChI is InChI=1S/C18H20N4O3/c23-17(21-11-5-2-6-12-21)13-19-16-10-9-15(22(24)25)18(20-16)14-7-3-1-4-8-14/h1,3-4,7-10H,2,5-6,11-13H2,(H,19,20). The third-order valence-corrected chi connectivity index (χ3v) is 4.25. The van der Waals surface area contributed by atoms with Crippen LogP contribution in [0.5, 0.6) is 0 Å². The van der Waals surface area contributed by atoms with Crippen LogP contribution in [-0.4, -0.2) is 40.3 Å². The highest BCUT2D eigenvalue weighted by Crippen LogP contribution is 2.29. The lowest BCUT2D eigenvalue weighted by Gasteiger charge is -2.26. The molecular weight excluding hydrogens is 320 g/mol. The normalized spacial score (nSPS) is 14.2. The first kappa shape index (κ1) is 16.9.